The summed E-state index contributed by atoms with van der Waals surface area (Å²) in [6.07, 6.45) is 4.37. The monoisotopic (exact) mass is 415 g/mol. The molecule has 1 aliphatic rings. The molecule has 4 rings (SSSR count). The highest BCUT2D eigenvalue weighted by Gasteiger charge is 2.20. The fraction of sp³-hybridized carbons (Fsp3) is 0.308. The summed E-state index contributed by atoms with van der Waals surface area (Å²) in [6.45, 7) is 0.910. The van der Waals surface area contributed by atoms with Crippen molar-refractivity contribution in [3.63, 3.8) is 0 Å². The summed E-state index contributed by atoms with van der Waals surface area (Å²) in [5.74, 6) is -0.253. The lowest BCUT2D eigenvalue weighted by molar-refractivity contribution is -0.117. The number of para-hydroxylation sites is 1. The van der Waals surface area contributed by atoms with E-state index >= 15 is 0 Å². The lowest BCUT2D eigenvalue weighted by Crippen LogP contribution is -2.34. The molecule has 5 nitrogen and oxygen atoms in total. The van der Waals surface area contributed by atoms with Crippen LogP contribution in [0.1, 0.15) is 41.6 Å². The Bertz CT molecular complexity index is 1070. The van der Waals surface area contributed by atoms with Crippen molar-refractivity contribution in [1.82, 2.24) is 10.2 Å². The Hall–Kier alpha value is -3.18. The Morgan fingerprint density at radius 2 is 1.65 bits per heavy atom. The number of benzene rings is 3. The van der Waals surface area contributed by atoms with Crippen LogP contribution < -0.4 is 10.6 Å². The molecule has 2 N–H and O–H groups in total. The van der Waals surface area contributed by atoms with Gasteiger partial charge in [-0.2, -0.15) is 0 Å². The molecule has 0 aliphatic heterocycles. The summed E-state index contributed by atoms with van der Waals surface area (Å²) in [5.41, 5.74) is 2.23. The number of rotatable bonds is 7. The number of anilines is 1. The van der Waals surface area contributed by atoms with Gasteiger partial charge in [0.2, 0.25) is 5.91 Å². The van der Waals surface area contributed by atoms with Gasteiger partial charge in [0.1, 0.15) is 0 Å². The molecule has 1 aliphatic carbocycles. The topological polar surface area (TPSA) is 61.4 Å². The summed E-state index contributed by atoms with van der Waals surface area (Å²) in [7, 11) is 1.92. The maximum Gasteiger partial charge on any atom is 0.253 e. The van der Waals surface area contributed by atoms with Crippen molar-refractivity contribution in [3.8, 4) is 0 Å². The SMILES string of the molecule is CN(CC(=O)Nc1ccccc1C(=O)NC1CCCC1)Cc1ccc2ccccc2c1. The van der Waals surface area contributed by atoms with Gasteiger partial charge in [0.15, 0.2) is 0 Å². The number of hydrogen-bond acceptors (Lipinski definition) is 3. The largest absolute Gasteiger partial charge is 0.349 e. The highest BCUT2D eigenvalue weighted by Crippen LogP contribution is 2.21. The Labute approximate surface area is 183 Å². The summed E-state index contributed by atoms with van der Waals surface area (Å²) >= 11 is 0. The van der Waals surface area contributed by atoms with Gasteiger partial charge >= 0.3 is 0 Å². The summed E-state index contributed by atoms with van der Waals surface area (Å²) < 4.78 is 0. The first kappa shape index (κ1) is 21.1. The van der Waals surface area contributed by atoms with Gasteiger partial charge in [-0.05, 0) is 54.4 Å². The van der Waals surface area contributed by atoms with E-state index < -0.39 is 0 Å². The molecule has 0 saturated heterocycles. The third kappa shape index (κ3) is 5.50. The molecule has 0 aromatic heterocycles. The van der Waals surface area contributed by atoms with E-state index in [-0.39, 0.29) is 24.4 Å². The number of carbonyl (C=O) groups excluding carboxylic acids is 2. The van der Waals surface area contributed by atoms with Crippen LogP contribution in [0.4, 0.5) is 5.69 Å². The molecule has 160 valence electrons. The normalized spacial score (nSPS) is 14.1. The van der Waals surface area contributed by atoms with E-state index in [0.717, 1.165) is 31.2 Å². The molecule has 1 fully saturated rings. The van der Waals surface area contributed by atoms with Gasteiger partial charge in [0, 0.05) is 12.6 Å². The Kier molecular flexibility index (Phi) is 6.63. The maximum atomic E-state index is 12.7. The van der Waals surface area contributed by atoms with Crippen LogP contribution in [0.3, 0.4) is 0 Å². The van der Waals surface area contributed by atoms with Crippen LogP contribution in [-0.4, -0.2) is 36.3 Å². The minimum Gasteiger partial charge on any atom is -0.349 e. The van der Waals surface area contributed by atoms with Gasteiger partial charge < -0.3 is 10.6 Å². The van der Waals surface area contributed by atoms with Crippen LogP contribution in [0.2, 0.25) is 0 Å². The van der Waals surface area contributed by atoms with E-state index in [4.69, 9.17) is 0 Å². The first-order chi connectivity index (χ1) is 15.1. The number of amides is 2. The highest BCUT2D eigenvalue weighted by atomic mass is 16.2. The number of nitrogens with one attached hydrogen (secondary N) is 2. The summed E-state index contributed by atoms with van der Waals surface area (Å²) in [4.78, 5) is 27.3. The van der Waals surface area contributed by atoms with Gasteiger partial charge in [-0.1, -0.05) is 61.4 Å². The second-order valence-electron chi connectivity index (χ2n) is 8.40. The van der Waals surface area contributed by atoms with Gasteiger partial charge in [0.05, 0.1) is 17.8 Å². The smallest absolute Gasteiger partial charge is 0.253 e. The molecular formula is C26H29N3O2. The molecule has 31 heavy (non-hydrogen) atoms. The van der Waals surface area contributed by atoms with E-state index in [0.29, 0.717) is 17.8 Å². The van der Waals surface area contributed by atoms with Crippen molar-refractivity contribution in [3.05, 3.63) is 77.9 Å². The van der Waals surface area contributed by atoms with Crippen molar-refractivity contribution in [1.29, 1.82) is 0 Å². The molecule has 5 heteroatoms. The minimum atomic E-state index is -0.135. The van der Waals surface area contributed by atoms with Crippen LogP contribution in [0.5, 0.6) is 0 Å². The van der Waals surface area contributed by atoms with Crippen LogP contribution in [0, 0.1) is 0 Å². The second kappa shape index (κ2) is 9.75. The number of fused-ring (bicyclic) bond motifs is 1. The maximum absolute atomic E-state index is 12.7. The van der Waals surface area contributed by atoms with E-state index in [1.165, 1.54) is 10.8 Å². The third-order valence-electron chi connectivity index (χ3n) is 5.82. The number of carbonyl (C=O) groups is 2. The molecule has 0 heterocycles. The van der Waals surface area contributed by atoms with E-state index in [9.17, 15) is 9.59 Å². The second-order valence-corrected chi connectivity index (χ2v) is 8.40. The molecule has 3 aromatic rings. The lowest BCUT2D eigenvalue weighted by Gasteiger charge is -2.18. The predicted octanol–water partition coefficient (Wildman–Crippen LogP) is 4.58. The third-order valence-corrected chi connectivity index (χ3v) is 5.82. The van der Waals surface area contributed by atoms with Gasteiger partial charge in [-0.15, -0.1) is 0 Å². The number of nitrogens with zero attached hydrogens (tertiary/aromatic N) is 1. The van der Waals surface area contributed by atoms with Crippen molar-refractivity contribution < 1.29 is 9.59 Å². The average Bonchev–Trinajstić information content (AvgIpc) is 3.27. The molecule has 0 spiro atoms. The molecule has 0 atom stereocenters. The quantitative estimate of drug-likeness (QED) is 0.594. The number of hydrogen-bond donors (Lipinski definition) is 2. The van der Waals surface area contributed by atoms with Crippen LogP contribution in [0.25, 0.3) is 10.8 Å². The van der Waals surface area contributed by atoms with Gasteiger partial charge in [-0.3, -0.25) is 14.5 Å². The van der Waals surface area contributed by atoms with Gasteiger partial charge in [0.25, 0.3) is 5.91 Å². The van der Waals surface area contributed by atoms with Crippen molar-refractivity contribution in [2.45, 2.75) is 38.3 Å². The highest BCUT2D eigenvalue weighted by molar-refractivity contribution is 6.04. The standard InChI is InChI=1S/C26H29N3O2/c1-29(17-19-14-15-20-8-2-3-9-21(20)16-19)18-25(30)28-24-13-7-6-12-23(24)26(31)27-22-10-4-5-11-22/h2-3,6-9,12-16,22H,4-5,10-11,17-18H2,1H3,(H,27,31)(H,28,30). The minimum absolute atomic E-state index is 0.118. The average molecular weight is 416 g/mol. The Morgan fingerprint density at radius 3 is 2.45 bits per heavy atom. The molecule has 1 saturated carbocycles. The van der Waals surface area contributed by atoms with Crippen LogP contribution in [-0.2, 0) is 11.3 Å². The zero-order chi connectivity index (χ0) is 21.6. The molecule has 3 aromatic carbocycles. The predicted molar refractivity (Wildman–Crippen MR) is 125 cm³/mol. The molecule has 2 amide bonds. The molecule has 0 radical (unpaired) electrons. The fourth-order valence-electron chi connectivity index (χ4n) is 4.26. The van der Waals surface area contributed by atoms with Crippen molar-refractivity contribution in [2.24, 2.45) is 0 Å². The van der Waals surface area contributed by atoms with Crippen LogP contribution in [0.15, 0.2) is 66.7 Å². The van der Waals surface area contributed by atoms with Gasteiger partial charge in [-0.25, -0.2) is 0 Å². The molecule has 0 bridgehead atoms. The zero-order valence-corrected chi connectivity index (χ0v) is 17.9. The Balaban J connectivity index is 1.36. The van der Waals surface area contributed by atoms with Crippen molar-refractivity contribution >= 4 is 28.3 Å². The first-order valence-corrected chi connectivity index (χ1v) is 10.9. The fourth-order valence-corrected chi connectivity index (χ4v) is 4.26. The first-order valence-electron chi connectivity index (χ1n) is 10.9. The summed E-state index contributed by atoms with van der Waals surface area (Å²) in [5, 5.41) is 8.42. The summed E-state index contributed by atoms with van der Waals surface area (Å²) in [6, 6.07) is 22.1. The van der Waals surface area contributed by atoms with Crippen molar-refractivity contribution in [2.75, 3.05) is 18.9 Å². The van der Waals surface area contributed by atoms with E-state index in [2.05, 4.69) is 41.0 Å². The molecular weight excluding hydrogens is 386 g/mol. The van der Waals surface area contributed by atoms with Crippen LogP contribution >= 0.6 is 0 Å². The van der Waals surface area contributed by atoms with E-state index in [1.807, 2.05) is 36.2 Å². The Morgan fingerprint density at radius 1 is 0.935 bits per heavy atom. The molecule has 0 unspecified atom stereocenters. The zero-order valence-electron chi connectivity index (χ0n) is 17.9. The number of likely N-dealkylation sites (N-methyl/N-ethyl adjacent to an activating group) is 1. The van der Waals surface area contributed by atoms with E-state index in [1.54, 1.807) is 12.1 Å². The lowest BCUT2D eigenvalue weighted by atomic mass is 10.1.